The van der Waals surface area contributed by atoms with Crippen LogP contribution in [0.15, 0.2) is 66.7 Å². The minimum absolute atomic E-state index is 0.0547. The fourth-order valence-corrected chi connectivity index (χ4v) is 11.9. The average Bonchev–Trinajstić information content (AvgIpc) is 1.58. The van der Waals surface area contributed by atoms with Gasteiger partial charge in [-0.3, -0.25) is 48.1 Å². The monoisotopic (exact) mass is 1280 g/mol. The van der Waals surface area contributed by atoms with Crippen LogP contribution in [0.1, 0.15) is 150 Å². The molecule has 2 heterocycles. The summed E-state index contributed by atoms with van der Waals surface area (Å²) in [6.07, 6.45) is 6.09. The molecule has 0 radical (unpaired) electrons. The van der Waals surface area contributed by atoms with Gasteiger partial charge in [-0.1, -0.05) is 104 Å². The molecule has 0 bridgehead atoms. The van der Waals surface area contributed by atoms with Gasteiger partial charge in [0.1, 0.15) is 30.3 Å². The maximum Gasteiger partial charge on any atom is 0.408 e. The molecule has 2 aliphatic heterocycles. The Bertz CT molecular complexity index is 2880. The standard InChI is InChI=1S/C67H101N11O14/c1-13-43(6)57(50(90-11)38-54(82)77-37-21-25-49(77)58(91-12)44(7)59(83)70-40-67(33-34-67)46-22-16-14-17-23-46)76(10)62(86)56(42(4)5)74-63(87)66(8,9)75-65(89)92-39-45-27-29-47(30-28-45)71-60(84)48(24-20-35-69-64(68)88)72-61(85)55(41(2)3)73-51(79)26-18-15-19-36-78-52(80)31-32-53(78)81/h14,16-17,22-23,27-32,41-44,48-50,55-58H,13,15,18-21,24-26,33-40H2,1-12H3,(H,70,83)(H,71,84)(H,72,85)(H,73,79)(H,74,87)(H,75,89)(H3,68,69,88)/t43-,44+,48-,49-,50+,55-,56-,57-,58+/m0/s1. The van der Waals surface area contributed by atoms with Crippen molar-refractivity contribution in [2.75, 3.05) is 52.8 Å². The van der Waals surface area contributed by atoms with Crippen molar-refractivity contribution in [1.29, 1.82) is 0 Å². The van der Waals surface area contributed by atoms with Crippen molar-refractivity contribution in [3.63, 3.8) is 0 Å². The molecular formula is C67H101N11O14. The zero-order chi connectivity index (χ0) is 68.0. The van der Waals surface area contributed by atoms with Crippen LogP contribution in [0.25, 0.3) is 0 Å². The molecule has 0 unspecified atom stereocenters. The first kappa shape index (κ1) is 74.8. The number of likely N-dealkylation sites (tertiary alicyclic amines) is 1. The summed E-state index contributed by atoms with van der Waals surface area (Å²) in [6.45, 7) is 16.9. The van der Waals surface area contributed by atoms with Crippen molar-refractivity contribution in [3.05, 3.63) is 77.9 Å². The molecule has 1 aliphatic carbocycles. The normalized spacial score (nSPS) is 17.7. The van der Waals surface area contributed by atoms with E-state index in [2.05, 4.69) is 49.4 Å². The highest BCUT2D eigenvalue weighted by molar-refractivity contribution is 6.12. The Morgan fingerprint density at radius 3 is 2.01 bits per heavy atom. The lowest BCUT2D eigenvalue weighted by atomic mass is 9.89. The van der Waals surface area contributed by atoms with Crippen molar-refractivity contribution in [1.82, 2.24) is 46.6 Å². The molecule has 1 saturated carbocycles. The van der Waals surface area contributed by atoms with Gasteiger partial charge in [-0.25, -0.2) is 9.59 Å². The SMILES string of the molecule is CC[C@H](C)[C@@H]([C@@H](CC(=O)N1CCC[C@H]1[C@H](OC)[C@@H](C)C(=O)NCC1(c2ccccc2)CC1)OC)N(C)C(=O)[C@@H](NC(=O)C(C)(C)NC(=O)OCc1ccc(NC(=O)[C@H](CCCNC(N)=O)NC(=O)[C@@H](NC(=O)CCCCCN2C(=O)C=CC2=O)C(C)C)cc1)C(C)C. The fraction of sp³-hybridized carbons (Fsp3) is 0.627. The fourth-order valence-electron chi connectivity index (χ4n) is 11.9. The van der Waals surface area contributed by atoms with Crippen LogP contribution in [0.3, 0.4) is 0 Å². The van der Waals surface area contributed by atoms with Crippen LogP contribution in [0, 0.1) is 23.7 Å². The number of unbranched alkanes of at least 4 members (excludes halogenated alkanes) is 2. The number of nitrogens with two attached hydrogens (primary N) is 1. The van der Waals surface area contributed by atoms with Gasteiger partial charge in [0.15, 0.2) is 0 Å². The van der Waals surface area contributed by atoms with Crippen LogP contribution in [0.2, 0.25) is 0 Å². The smallest absolute Gasteiger partial charge is 0.408 e. The lowest BCUT2D eigenvalue weighted by Crippen LogP contribution is -2.62. The van der Waals surface area contributed by atoms with E-state index >= 15 is 0 Å². The second-order valence-electron chi connectivity index (χ2n) is 25.9. The molecule has 2 aromatic carbocycles. The minimum atomic E-state index is -1.58. The predicted octanol–water partition coefficient (Wildman–Crippen LogP) is 5.10. The molecule has 2 fully saturated rings. The highest BCUT2D eigenvalue weighted by Crippen LogP contribution is 2.47. The van der Waals surface area contributed by atoms with Crippen molar-refractivity contribution in [2.45, 2.75) is 199 Å². The summed E-state index contributed by atoms with van der Waals surface area (Å²) in [5, 5.41) is 19.4. The summed E-state index contributed by atoms with van der Waals surface area (Å²) < 4.78 is 17.6. The second-order valence-corrected chi connectivity index (χ2v) is 25.9. The van der Waals surface area contributed by atoms with Gasteiger partial charge >= 0.3 is 12.1 Å². The number of methoxy groups -OCH3 is 2. The number of carbonyl (C=O) groups is 11. The first-order chi connectivity index (χ1) is 43.6. The predicted molar refractivity (Wildman–Crippen MR) is 346 cm³/mol. The Kier molecular flexibility index (Phi) is 28.6. The van der Waals surface area contributed by atoms with Gasteiger partial charge in [0.25, 0.3) is 11.8 Å². The molecule has 9 atom stereocenters. The van der Waals surface area contributed by atoms with Gasteiger partial charge in [0.05, 0.1) is 36.6 Å². The highest BCUT2D eigenvalue weighted by Gasteiger charge is 2.47. The minimum Gasteiger partial charge on any atom is -0.445 e. The number of rotatable bonds is 37. The van der Waals surface area contributed by atoms with E-state index in [9.17, 15) is 52.7 Å². The summed E-state index contributed by atoms with van der Waals surface area (Å²) in [5.74, 6) is -5.21. The van der Waals surface area contributed by atoms with Crippen molar-refractivity contribution < 1.29 is 67.0 Å². The van der Waals surface area contributed by atoms with E-state index in [0.29, 0.717) is 56.4 Å². The largest absolute Gasteiger partial charge is 0.445 e. The Balaban J connectivity index is 1.13. The van der Waals surface area contributed by atoms with Crippen LogP contribution in [0.4, 0.5) is 15.3 Å². The van der Waals surface area contributed by atoms with E-state index in [1.807, 2.05) is 39.0 Å². The molecular weight excluding hydrogens is 1180 g/mol. The summed E-state index contributed by atoms with van der Waals surface area (Å²) in [5.41, 5.74) is 5.64. The lowest BCUT2D eigenvalue weighted by molar-refractivity contribution is -0.148. The number of benzene rings is 2. The molecule has 9 N–H and O–H groups in total. The molecule has 3 aliphatic rings. The van der Waals surface area contributed by atoms with Crippen LogP contribution in [-0.4, -0.2) is 175 Å². The van der Waals surface area contributed by atoms with Crippen molar-refractivity contribution >= 4 is 71.0 Å². The van der Waals surface area contributed by atoms with E-state index in [1.165, 1.54) is 38.7 Å². The van der Waals surface area contributed by atoms with Gasteiger partial charge in [0.2, 0.25) is 41.4 Å². The summed E-state index contributed by atoms with van der Waals surface area (Å²) >= 11 is 0. The van der Waals surface area contributed by atoms with Crippen LogP contribution < -0.4 is 43.0 Å². The number of hydrogen-bond acceptors (Lipinski definition) is 14. The maximum atomic E-state index is 14.7. The van der Waals surface area contributed by atoms with Gasteiger partial charge < -0.3 is 67.0 Å². The molecule has 12 amide bonds. The van der Waals surface area contributed by atoms with Gasteiger partial charge in [-0.15, -0.1) is 0 Å². The third kappa shape index (κ3) is 21.3. The molecule has 0 aromatic heterocycles. The molecule has 92 heavy (non-hydrogen) atoms. The van der Waals surface area contributed by atoms with Crippen molar-refractivity contribution in [2.24, 2.45) is 29.4 Å². The number of primary amides is 1. The number of hydrogen-bond donors (Lipinski definition) is 8. The topological polar surface area (TPSA) is 335 Å². The van der Waals surface area contributed by atoms with Gasteiger partial charge in [0, 0.05) is 77.1 Å². The van der Waals surface area contributed by atoms with Crippen LogP contribution in [0.5, 0.6) is 0 Å². The van der Waals surface area contributed by atoms with Gasteiger partial charge in [-0.05, 0) is 106 Å². The summed E-state index contributed by atoms with van der Waals surface area (Å²) in [6, 6.07) is 11.7. The van der Waals surface area contributed by atoms with E-state index < -0.39 is 89.5 Å². The number of alkyl carbamates (subject to hydrolysis) is 1. The molecule has 1 saturated heterocycles. The van der Waals surface area contributed by atoms with E-state index in [4.69, 9.17) is 19.9 Å². The third-order valence-electron chi connectivity index (χ3n) is 17.9. The number of imide groups is 1. The Hall–Kier alpha value is -7.93. The highest BCUT2D eigenvalue weighted by atomic mass is 16.5. The van der Waals surface area contributed by atoms with E-state index in [0.717, 1.165) is 24.2 Å². The lowest BCUT2D eigenvalue weighted by Gasteiger charge is -2.41. The van der Waals surface area contributed by atoms with E-state index in [1.54, 1.807) is 75.9 Å². The molecule has 2 aromatic rings. The van der Waals surface area contributed by atoms with Crippen LogP contribution in [-0.2, 0) is 69.4 Å². The summed E-state index contributed by atoms with van der Waals surface area (Å²) in [4.78, 5) is 150. The zero-order valence-corrected chi connectivity index (χ0v) is 55.9. The van der Waals surface area contributed by atoms with Crippen molar-refractivity contribution in [3.8, 4) is 0 Å². The Morgan fingerprint density at radius 1 is 0.772 bits per heavy atom. The third-order valence-corrected chi connectivity index (χ3v) is 17.9. The Morgan fingerprint density at radius 2 is 1.42 bits per heavy atom. The van der Waals surface area contributed by atoms with Crippen LogP contribution >= 0.6 is 0 Å². The van der Waals surface area contributed by atoms with Gasteiger partial charge in [-0.2, -0.15) is 0 Å². The number of urea groups is 1. The molecule has 508 valence electrons. The summed E-state index contributed by atoms with van der Waals surface area (Å²) in [7, 11) is 4.72. The quantitative estimate of drug-likeness (QED) is 0.0323. The molecule has 0 spiro atoms. The number of nitrogens with one attached hydrogen (secondary N) is 7. The number of nitrogens with zero attached hydrogens (tertiary/aromatic N) is 3. The maximum absolute atomic E-state index is 14.7. The molecule has 5 rings (SSSR count). The zero-order valence-electron chi connectivity index (χ0n) is 55.9. The Labute approximate surface area is 541 Å². The second kappa shape index (κ2) is 35.2. The number of carbonyl (C=O) groups excluding carboxylic acids is 11. The van der Waals surface area contributed by atoms with E-state index in [-0.39, 0.29) is 98.2 Å². The number of ether oxygens (including phenoxy) is 3. The number of anilines is 1. The number of likely N-dealkylation sites (N-methyl/N-ethyl adjacent to an activating group) is 1. The average molecular weight is 1280 g/mol. The molecule has 25 heteroatoms. The number of amides is 12. The molecule has 25 nitrogen and oxygen atoms in total. The first-order valence-corrected chi connectivity index (χ1v) is 32.4. The first-order valence-electron chi connectivity index (χ1n) is 32.4.